The Morgan fingerprint density at radius 3 is 0.897 bits per heavy atom. The van der Waals surface area contributed by atoms with E-state index >= 15 is 0 Å². The first-order chi connectivity index (χ1) is 27.0. The fraction of sp³-hybridized carbons (Fsp3) is 0.731. The molecule has 58 heavy (non-hydrogen) atoms. The molecule has 0 atom stereocenters. The van der Waals surface area contributed by atoms with E-state index in [1.165, 1.54) is 85.0 Å². The van der Waals surface area contributed by atoms with Gasteiger partial charge in [0.25, 0.3) is 0 Å². The maximum atomic E-state index is 6.77. The summed E-state index contributed by atoms with van der Waals surface area (Å²) < 4.78 is 0. The zero-order valence-corrected chi connectivity index (χ0v) is 42.4. The van der Waals surface area contributed by atoms with Crippen molar-refractivity contribution >= 4 is 46.0 Å². The smallest absolute Gasteiger partial charge is 0.176 e. The fourth-order valence-corrected chi connectivity index (χ4v) is 8.45. The molecule has 4 nitrogen and oxygen atoms in total. The van der Waals surface area contributed by atoms with Gasteiger partial charge in [0.15, 0.2) is 10.2 Å². The van der Waals surface area contributed by atoms with Gasteiger partial charge in [-0.1, -0.05) is 186 Å². The van der Waals surface area contributed by atoms with Crippen LogP contribution >= 0.6 is 24.4 Å². The molecule has 0 amide bonds. The van der Waals surface area contributed by atoms with Crippen molar-refractivity contribution in [2.45, 2.75) is 209 Å². The Bertz CT molecular complexity index is 1400. The molecule has 0 aliphatic carbocycles. The van der Waals surface area contributed by atoms with E-state index in [0.29, 0.717) is 0 Å². The third-order valence-electron chi connectivity index (χ3n) is 11.6. The molecule has 0 aliphatic rings. The van der Waals surface area contributed by atoms with Crippen molar-refractivity contribution in [1.29, 1.82) is 0 Å². The third-order valence-corrected chi connectivity index (χ3v) is 12.6. The molecule has 6 heteroatoms. The number of thiocarbonyl (C=S) groups is 2. The average Bonchev–Trinajstić information content (AvgIpc) is 3.13. The Kier molecular flexibility index (Phi) is 21.2. The monoisotopic (exact) mass is 835 g/mol. The molecule has 0 N–H and O–H groups in total. The Hall–Kier alpha value is -2.18. The lowest BCUT2D eigenvalue weighted by atomic mass is 9.80. The molecule has 0 aromatic heterocycles. The maximum absolute atomic E-state index is 6.77. The normalized spacial score (nSPS) is 12.5. The van der Waals surface area contributed by atoms with E-state index in [0.717, 1.165) is 75.2 Å². The molecule has 0 saturated carbocycles. The lowest BCUT2D eigenvalue weighted by Gasteiger charge is -2.41. The van der Waals surface area contributed by atoms with Crippen LogP contribution in [0.3, 0.4) is 0 Å². The number of hydrogen-bond donors (Lipinski definition) is 0. The average molecular weight is 835 g/mol. The SMILES string of the molecule is CCCCCN(CCCCC)C(=S)N(CCN(C(=S)N(CCCCC)CCCCC)c1cc(C(C)(C)C)ccc1C(C)(C)C)c1cc(C(C)(C)C)ccc1C(C)(C)C. The number of benzene rings is 2. The molecule has 0 fully saturated rings. The van der Waals surface area contributed by atoms with E-state index in [-0.39, 0.29) is 21.7 Å². The lowest BCUT2D eigenvalue weighted by molar-refractivity contribution is 0.387. The molecular weight excluding hydrogens is 745 g/mol. The Balaban J connectivity index is 3.00. The molecule has 2 aromatic rings. The summed E-state index contributed by atoms with van der Waals surface area (Å²) in [6, 6.07) is 14.4. The van der Waals surface area contributed by atoms with E-state index in [1.807, 2.05) is 0 Å². The van der Waals surface area contributed by atoms with Gasteiger partial charge >= 0.3 is 0 Å². The highest BCUT2D eigenvalue weighted by atomic mass is 32.1. The van der Waals surface area contributed by atoms with Crippen molar-refractivity contribution in [2.75, 3.05) is 49.1 Å². The highest BCUT2D eigenvalue weighted by Gasteiger charge is 2.31. The number of rotatable bonds is 21. The number of hydrogen-bond acceptors (Lipinski definition) is 2. The molecule has 0 unspecified atom stereocenters. The molecule has 2 rings (SSSR count). The van der Waals surface area contributed by atoms with Crippen molar-refractivity contribution in [2.24, 2.45) is 0 Å². The minimum atomic E-state index is -0.0698. The molecule has 2 aromatic carbocycles. The molecule has 0 heterocycles. The second-order valence-electron chi connectivity index (χ2n) is 21.1. The summed E-state index contributed by atoms with van der Waals surface area (Å²) in [6.07, 6.45) is 14.3. The zero-order valence-electron chi connectivity index (χ0n) is 40.8. The molecule has 0 radical (unpaired) electrons. The van der Waals surface area contributed by atoms with Crippen LogP contribution in [0.1, 0.15) is 210 Å². The molecule has 330 valence electrons. The second-order valence-corrected chi connectivity index (χ2v) is 21.9. The van der Waals surface area contributed by atoms with Crippen LogP contribution < -0.4 is 9.80 Å². The van der Waals surface area contributed by atoms with E-state index in [1.54, 1.807) is 0 Å². The summed E-state index contributed by atoms with van der Waals surface area (Å²) in [4.78, 5) is 10.1. The van der Waals surface area contributed by atoms with Crippen molar-refractivity contribution < 1.29 is 0 Å². The van der Waals surface area contributed by atoms with Gasteiger partial charge in [-0.15, -0.1) is 0 Å². The van der Waals surface area contributed by atoms with Gasteiger partial charge in [-0.2, -0.15) is 0 Å². The van der Waals surface area contributed by atoms with Crippen LogP contribution in [0.15, 0.2) is 36.4 Å². The van der Waals surface area contributed by atoms with Crippen LogP contribution in [0.5, 0.6) is 0 Å². The van der Waals surface area contributed by atoms with Crippen LogP contribution in [0.25, 0.3) is 0 Å². The van der Waals surface area contributed by atoms with Crippen LogP contribution in [0.2, 0.25) is 0 Å². The highest BCUT2D eigenvalue weighted by molar-refractivity contribution is 7.80. The minimum Gasteiger partial charge on any atom is -0.349 e. The highest BCUT2D eigenvalue weighted by Crippen LogP contribution is 2.39. The first kappa shape index (κ1) is 52.0. The Morgan fingerprint density at radius 1 is 0.397 bits per heavy atom. The van der Waals surface area contributed by atoms with Gasteiger partial charge in [-0.3, -0.25) is 0 Å². The van der Waals surface area contributed by atoms with Gasteiger partial charge in [0, 0.05) is 50.6 Å². The predicted molar refractivity (Wildman–Crippen MR) is 269 cm³/mol. The summed E-state index contributed by atoms with van der Waals surface area (Å²) >= 11 is 13.5. The third kappa shape index (κ3) is 16.0. The van der Waals surface area contributed by atoms with Crippen LogP contribution in [-0.2, 0) is 21.7 Å². The Labute approximate surface area is 371 Å². The molecule has 0 aliphatic heterocycles. The molecule has 0 saturated heterocycles. The molecule has 0 bridgehead atoms. The summed E-state index contributed by atoms with van der Waals surface area (Å²) in [5.74, 6) is 0. The summed E-state index contributed by atoms with van der Waals surface area (Å²) in [6.45, 7) is 42.7. The summed E-state index contributed by atoms with van der Waals surface area (Å²) in [5.41, 5.74) is 7.70. The standard InChI is InChI=1S/C52H90N4S2/c1-17-21-25-33-53(34-26-22-18-2)47(57)55(45-39-41(49(5,6)7)29-31-43(45)51(11,12)13)37-38-56(48(58)54(35-27-23-19-3)36-28-24-20-4)46-40-42(50(8,9)10)30-32-44(46)52(14,15)16/h29-32,39-40H,17-28,33-38H2,1-16H3. The van der Waals surface area contributed by atoms with E-state index in [4.69, 9.17) is 24.4 Å². The van der Waals surface area contributed by atoms with Gasteiger partial charge in [0.05, 0.1) is 0 Å². The van der Waals surface area contributed by atoms with Gasteiger partial charge in [0.1, 0.15) is 0 Å². The first-order valence-corrected chi connectivity index (χ1v) is 24.3. The molecular formula is C52H90N4S2. The van der Waals surface area contributed by atoms with E-state index < -0.39 is 0 Å². The minimum absolute atomic E-state index is 0.000475. The number of unbranched alkanes of at least 4 members (excludes halogenated alkanes) is 8. The van der Waals surface area contributed by atoms with Crippen molar-refractivity contribution in [3.63, 3.8) is 0 Å². The molecule has 0 spiro atoms. The second kappa shape index (κ2) is 23.7. The number of nitrogens with zero attached hydrogens (tertiary/aromatic N) is 4. The summed E-state index contributed by atoms with van der Waals surface area (Å²) in [7, 11) is 0. The quantitative estimate of drug-likeness (QED) is 0.0911. The lowest BCUT2D eigenvalue weighted by Crippen LogP contribution is -2.51. The Morgan fingerprint density at radius 2 is 0.672 bits per heavy atom. The van der Waals surface area contributed by atoms with Gasteiger partial charge in [0.2, 0.25) is 0 Å². The summed E-state index contributed by atoms with van der Waals surface area (Å²) in [5, 5.41) is 1.91. The van der Waals surface area contributed by atoms with Crippen molar-refractivity contribution in [1.82, 2.24) is 9.80 Å². The van der Waals surface area contributed by atoms with Crippen molar-refractivity contribution in [3.05, 3.63) is 58.7 Å². The topological polar surface area (TPSA) is 13.0 Å². The van der Waals surface area contributed by atoms with Gasteiger partial charge in [-0.25, -0.2) is 0 Å². The van der Waals surface area contributed by atoms with Gasteiger partial charge < -0.3 is 19.6 Å². The maximum Gasteiger partial charge on any atom is 0.176 e. The number of anilines is 2. The fourth-order valence-electron chi connectivity index (χ4n) is 7.71. The van der Waals surface area contributed by atoms with Gasteiger partial charge in [-0.05, 0) is 106 Å². The first-order valence-electron chi connectivity index (χ1n) is 23.5. The van der Waals surface area contributed by atoms with E-state index in [9.17, 15) is 0 Å². The van der Waals surface area contributed by atoms with Crippen LogP contribution in [0.4, 0.5) is 11.4 Å². The largest absolute Gasteiger partial charge is 0.349 e. The van der Waals surface area contributed by atoms with E-state index in [2.05, 4.69) is 167 Å². The van der Waals surface area contributed by atoms with Crippen LogP contribution in [0, 0.1) is 0 Å². The van der Waals surface area contributed by atoms with Crippen molar-refractivity contribution in [3.8, 4) is 0 Å². The zero-order chi connectivity index (χ0) is 43.9. The van der Waals surface area contributed by atoms with Crippen LogP contribution in [-0.4, -0.2) is 59.3 Å². The predicted octanol–water partition coefficient (Wildman–Crippen LogP) is 15.1.